The molecule has 0 N–H and O–H groups in total. The molecule has 9 rings (SSSR count). The lowest BCUT2D eigenvalue weighted by Gasteiger charge is -2.31. The Labute approximate surface area is 313 Å². The standard InChI is InChI=1S/C52H43N/c1-36-14-7-10-19-44(36)45-21-13-23-51(48(45)32-25-37-24-26-39-17-8-9-18-41(39)34-37)53(42-29-27-40(28-30-42)38-15-5-4-6-16-38)43-31-33-47-46-20-11-12-22-49(46)52(2,3)50(47)35-43/h4-24,26-31,33-35H,25,32H2,1-3H3. The maximum Gasteiger partial charge on any atom is 0.0499 e. The zero-order chi connectivity index (χ0) is 35.9. The summed E-state index contributed by atoms with van der Waals surface area (Å²) in [6.45, 7) is 6.97. The molecule has 0 amide bonds. The molecule has 0 saturated heterocycles. The Morgan fingerprint density at radius 1 is 0.434 bits per heavy atom. The van der Waals surface area contributed by atoms with Gasteiger partial charge in [-0.2, -0.15) is 0 Å². The first-order chi connectivity index (χ1) is 26.0. The quantitative estimate of drug-likeness (QED) is 0.154. The first-order valence-corrected chi connectivity index (χ1v) is 18.8. The number of rotatable bonds is 8. The summed E-state index contributed by atoms with van der Waals surface area (Å²) >= 11 is 0. The van der Waals surface area contributed by atoms with Crippen molar-refractivity contribution in [2.45, 2.75) is 39.0 Å². The molecule has 1 aliphatic rings. The van der Waals surface area contributed by atoms with E-state index in [-0.39, 0.29) is 5.41 Å². The zero-order valence-electron chi connectivity index (χ0n) is 30.7. The van der Waals surface area contributed by atoms with Crippen LogP contribution in [0, 0.1) is 6.92 Å². The Morgan fingerprint density at radius 3 is 1.89 bits per heavy atom. The number of nitrogens with zero attached hydrogens (tertiary/aromatic N) is 1. The molecule has 1 heteroatoms. The van der Waals surface area contributed by atoms with Crippen LogP contribution >= 0.6 is 0 Å². The fourth-order valence-corrected chi connectivity index (χ4v) is 8.53. The van der Waals surface area contributed by atoms with E-state index in [0.29, 0.717) is 0 Å². The lowest BCUT2D eigenvalue weighted by Crippen LogP contribution is -2.17. The Morgan fingerprint density at radius 2 is 1.08 bits per heavy atom. The van der Waals surface area contributed by atoms with Gasteiger partial charge < -0.3 is 4.90 Å². The van der Waals surface area contributed by atoms with E-state index in [9.17, 15) is 0 Å². The molecule has 256 valence electrons. The van der Waals surface area contributed by atoms with Gasteiger partial charge in [-0.1, -0.05) is 166 Å². The number of hydrogen-bond acceptors (Lipinski definition) is 1. The highest BCUT2D eigenvalue weighted by molar-refractivity contribution is 5.89. The van der Waals surface area contributed by atoms with Crippen molar-refractivity contribution in [1.82, 2.24) is 0 Å². The van der Waals surface area contributed by atoms with Crippen molar-refractivity contribution in [1.29, 1.82) is 0 Å². The molecular weight excluding hydrogens is 639 g/mol. The molecule has 0 aliphatic heterocycles. The monoisotopic (exact) mass is 681 g/mol. The van der Waals surface area contributed by atoms with Gasteiger partial charge in [-0.25, -0.2) is 0 Å². The fraction of sp³-hybridized carbons (Fsp3) is 0.115. The van der Waals surface area contributed by atoms with Crippen molar-refractivity contribution in [3.63, 3.8) is 0 Å². The lowest BCUT2D eigenvalue weighted by atomic mass is 9.82. The molecule has 8 aromatic rings. The number of hydrogen-bond donors (Lipinski definition) is 0. The lowest BCUT2D eigenvalue weighted by molar-refractivity contribution is 0.660. The number of benzene rings is 8. The molecule has 0 radical (unpaired) electrons. The third-order valence-corrected chi connectivity index (χ3v) is 11.4. The van der Waals surface area contributed by atoms with Crippen LogP contribution in [0.5, 0.6) is 0 Å². The highest BCUT2D eigenvalue weighted by Gasteiger charge is 2.36. The Bertz CT molecular complexity index is 2590. The van der Waals surface area contributed by atoms with Crippen molar-refractivity contribution in [2.75, 3.05) is 4.90 Å². The van der Waals surface area contributed by atoms with Crippen molar-refractivity contribution < 1.29 is 0 Å². The van der Waals surface area contributed by atoms with Gasteiger partial charge in [-0.15, -0.1) is 0 Å². The van der Waals surface area contributed by atoms with Crippen molar-refractivity contribution in [3.05, 3.63) is 210 Å². The van der Waals surface area contributed by atoms with Gasteiger partial charge in [0.05, 0.1) is 0 Å². The second kappa shape index (κ2) is 13.4. The van der Waals surface area contributed by atoms with E-state index in [1.165, 1.54) is 83.3 Å². The summed E-state index contributed by atoms with van der Waals surface area (Å²) in [7, 11) is 0. The van der Waals surface area contributed by atoms with Crippen LogP contribution in [0.3, 0.4) is 0 Å². The van der Waals surface area contributed by atoms with Gasteiger partial charge in [0.2, 0.25) is 0 Å². The molecule has 0 saturated carbocycles. The van der Waals surface area contributed by atoms with E-state index in [1.54, 1.807) is 0 Å². The molecule has 0 unspecified atom stereocenters. The molecule has 0 aromatic heterocycles. The van der Waals surface area contributed by atoms with Crippen molar-refractivity contribution in [3.8, 4) is 33.4 Å². The Hall–Kier alpha value is -6.18. The van der Waals surface area contributed by atoms with Gasteiger partial charge in [-0.3, -0.25) is 0 Å². The van der Waals surface area contributed by atoms with Crippen LogP contribution in [-0.2, 0) is 18.3 Å². The molecule has 1 nitrogen and oxygen atoms in total. The minimum Gasteiger partial charge on any atom is -0.310 e. The SMILES string of the molecule is Cc1ccccc1-c1cccc(N(c2ccc(-c3ccccc3)cc2)c2ccc3c(c2)C(C)(C)c2ccccc2-3)c1CCc1ccc2ccccc2c1. The van der Waals surface area contributed by atoms with Gasteiger partial charge in [0.15, 0.2) is 0 Å². The summed E-state index contributed by atoms with van der Waals surface area (Å²) in [5.41, 5.74) is 17.9. The molecule has 0 atom stereocenters. The molecule has 0 bridgehead atoms. The topological polar surface area (TPSA) is 3.24 Å². The molecule has 0 spiro atoms. The summed E-state index contributed by atoms with van der Waals surface area (Å²) in [5.74, 6) is 0. The highest BCUT2D eigenvalue weighted by Crippen LogP contribution is 2.51. The summed E-state index contributed by atoms with van der Waals surface area (Å²) in [4.78, 5) is 2.51. The van der Waals surface area contributed by atoms with E-state index in [1.807, 2.05) is 0 Å². The third kappa shape index (κ3) is 5.93. The van der Waals surface area contributed by atoms with E-state index < -0.39 is 0 Å². The van der Waals surface area contributed by atoms with Crippen LogP contribution in [0.25, 0.3) is 44.2 Å². The fourth-order valence-electron chi connectivity index (χ4n) is 8.53. The molecule has 1 aliphatic carbocycles. The average Bonchev–Trinajstić information content (AvgIpc) is 3.43. The van der Waals surface area contributed by atoms with Crippen LogP contribution < -0.4 is 4.90 Å². The predicted octanol–water partition coefficient (Wildman–Crippen LogP) is 14.0. The third-order valence-electron chi connectivity index (χ3n) is 11.4. The van der Waals surface area contributed by atoms with Gasteiger partial charge in [0.1, 0.15) is 0 Å². The first-order valence-electron chi connectivity index (χ1n) is 18.8. The molecule has 0 heterocycles. The average molecular weight is 682 g/mol. The molecular formula is C52H43N. The van der Waals surface area contributed by atoms with E-state index in [0.717, 1.165) is 18.5 Å². The van der Waals surface area contributed by atoms with Crippen LogP contribution in [-0.4, -0.2) is 0 Å². The van der Waals surface area contributed by atoms with Crippen molar-refractivity contribution in [2.24, 2.45) is 0 Å². The highest BCUT2D eigenvalue weighted by atomic mass is 15.1. The predicted molar refractivity (Wildman–Crippen MR) is 226 cm³/mol. The van der Waals surface area contributed by atoms with Gasteiger partial charge in [0, 0.05) is 22.5 Å². The van der Waals surface area contributed by atoms with E-state index in [4.69, 9.17) is 0 Å². The van der Waals surface area contributed by atoms with Crippen LogP contribution in [0.4, 0.5) is 17.1 Å². The molecule has 0 fully saturated rings. The smallest absolute Gasteiger partial charge is 0.0499 e. The largest absolute Gasteiger partial charge is 0.310 e. The summed E-state index contributed by atoms with van der Waals surface area (Å²) in [6, 6.07) is 67.2. The van der Waals surface area contributed by atoms with Crippen LogP contribution in [0.2, 0.25) is 0 Å². The van der Waals surface area contributed by atoms with Crippen LogP contribution in [0.15, 0.2) is 182 Å². The second-order valence-corrected chi connectivity index (χ2v) is 14.9. The minimum atomic E-state index is -0.104. The normalized spacial score (nSPS) is 12.7. The van der Waals surface area contributed by atoms with Crippen LogP contribution in [0.1, 0.15) is 41.7 Å². The van der Waals surface area contributed by atoms with Gasteiger partial charge in [-0.05, 0) is 122 Å². The maximum absolute atomic E-state index is 2.51. The number of fused-ring (bicyclic) bond motifs is 4. The van der Waals surface area contributed by atoms with E-state index in [2.05, 4.69) is 208 Å². The minimum absolute atomic E-state index is 0.104. The number of anilines is 3. The van der Waals surface area contributed by atoms with Gasteiger partial charge >= 0.3 is 0 Å². The maximum atomic E-state index is 2.51. The van der Waals surface area contributed by atoms with E-state index >= 15 is 0 Å². The summed E-state index contributed by atoms with van der Waals surface area (Å²) in [5, 5.41) is 2.57. The van der Waals surface area contributed by atoms with Gasteiger partial charge in [0.25, 0.3) is 0 Å². The number of aryl methyl sites for hydroxylation is 2. The first kappa shape index (κ1) is 32.7. The second-order valence-electron chi connectivity index (χ2n) is 14.9. The summed E-state index contributed by atoms with van der Waals surface area (Å²) in [6.07, 6.45) is 1.84. The Balaban J connectivity index is 1.23. The molecule has 53 heavy (non-hydrogen) atoms. The summed E-state index contributed by atoms with van der Waals surface area (Å²) < 4.78 is 0. The molecule has 8 aromatic carbocycles. The Kier molecular flexibility index (Phi) is 8.28. The zero-order valence-corrected chi connectivity index (χ0v) is 30.7. The van der Waals surface area contributed by atoms with Crippen molar-refractivity contribution >= 4 is 27.8 Å².